The number of amides is 1. The third-order valence-electron chi connectivity index (χ3n) is 4.53. The molecule has 5 nitrogen and oxygen atoms in total. The summed E-state index contributed by atoms with van der Waals surface area (Å²) in [6, 6.07) is 7.51. The highest BCUT2D eigenvalue weighted by Gasteiger charge is 2.37. The molecule has 1 heterocycles. The molecular formula is C18H21N3O2. The first kappa shape index (κ1) is 15.6. The third-order valence-corrected chi connectivity index (χ3v) is 4.53. The number of hydrogen-bond donors (Lipinski definition) is 1. The fraction of sp³-hybridized carbons (Fsp3) is 0.389. The maximum absolute atomic E-state index is 12.3. The molecule has 1 aromatic carbocycles. The number of hydrogen-bond acceptors (Lipinski definition) is 4. The highest BCUT2D eigenvalue weighted by atomic mass is 16.5. The van der Waals surface area contributed by atoms with Gasteiger partial charge in [0.05, 0.1) is 6.61 Å². The number of ether oxygens (including phenoxy) is 1. The molecule has 1 N–H and O–H groups in total. The minimum atomic E-state index is -0.0387. The molecule has 1 aromatic heterocycles. The smallest absolute Gasteiger partial charge is 0.251 e. The van der Waals surface area contributed by atoms with Gasteiger partial charge in [-0.25, -0.2) is 9.97 Å². The molecule has 5 heteroatoms. The van der Waals surface area contributed by atoms with Crippen molar-refractivity contribution < 1.29 is 9.53 Å². The van der Waals surface area contributed by atoms with E-state index in [9.17, 15) is 4.79 Å². The summed E-state index contributed by atoms with van der Waals surface area (Å²) in [7, 11) is 1.72. The lowest BCUT2D eigenvalue weighted by atomic mass is 9.69. The molecule has 120 valence electrons. The lowest BCUT2D eigenvalue weighted by Gasteiger charge is -2.41. The van der Waals surface area contributed by atoms with E-state index in [0.29, 0.717) is 18.7 Å². The van der Waals surface area contributed by atoms with Gasteiger partial charge in [0, 0.05) is 42.6 Å². The lowest BCUT2D eigenvalue weighted by molar-refractivity contribution is 0.0180. The standard InChI is InChI=1S/C18H21N3O2/c1-23-12-18(7-2-8-18)11-21-17(22)15-5-3-14(4-6-15)16-9-19-13-20-10-16/h3-6,9-10,13H,2,7-8,11-12H2,1H3,(H,21,22). The topological polar surface area (TPSA) is 64.1 Å². The largest absolute Gasteiger partial charge is 0.384 e. The second-order valence-corrected chi connectivity index (χ2v) is 6.17. The fourth-order valence-corrected chi connectivity index (χ4v) is 2.99. The zero-order chi connectivity index (χ0) is 16.1. The second kappa shape index (κ2) is 6.87. The van der Waals surface area contributed by atoms with E-state index in [1.165, 1.54) is 12.7 Å². The fourth-order valence-electron chi connectivity index (χ4n) is 2.99. The van der Waals surface area contributed by atoms with E-state index in [2.05, 4.69) is 15.3 Å². The Morgan fingerprint density at radius 3 is 2.43 bits per heavy atom. The van der Waals surface area contributed by atoms with E-state index in [0.717, 1.165) is 24.0 Å². The zero-order valence-corrected chi connectivity index (χ0v) is 13.3. The number of benzene rings is 1. The SMILES string of the molecule is COCC1(CNC(=O)c2ccc(-c3cncnc3)cc2)CCC1. The van der Waals surface area contributed by atoms with Crippen molar-refractivity contribution in [3.8, 4) is 11.1 Å². The molecule has 3 rings (SSSR count). The van der Waals surface area contributed by atoms with E-state index in [-0.39, 0.29) is 11.3 Å². The van der Waals surface area contributed by atoms with Crippen molar-refractivity contribution in [3.05, 3.63) is 48.5 Å². The Balaban J connectivity index is 1.62. The van der Waals surface area contributed by atoms with Crippen molar-refractivity contribution in [1.29, 1.82) is 0 Å². The van der Waals surface area contributed by atoms with Crippen LogP contribution in [-0.4, -0.2) is 36.1 Å². The van der Waals surface area contributed by atoms with Gasteiger partial charge in [0.25, 0.3) is 5.91 Å². The number of nitrogens with zero attached hydrogens (tertiary/aromatic N) is 2. The lowest BCUT2D eigenvalue weighted by Crippen LogP contribution is -2.45. The second-order valence-electron chi connectivity index (χ2n) is 6.17. The summed E-state index contributed by atoms with van der Waals surface area (Å²) in [5.74, 6) is -0.0387. The first-order valence-electron chi connectivity index (χ1n) is 7.85. The summed E-state index contributed by atoms with van der Waals surface area (Å²) < 4.78 is 5.29. The van der Waals surface area contributed by atoms with Gasteiger partial charge in [-0.1, -0.05) is 18.6 Å². The van der Waals surface area contributed by atoms with E-state index >= 15 is 0 Å². The monoisotopic (exact) mass is 311 g/mol. The Morgan fingerprint density at radius 2 is 1.87 bits per heavy atom. The highest BCUT2D eigenvalue weighted by Crippen LogP contribution is 2.40. The van der Waals surface area contributed by atoms with Crippen LogP contribution in [0.1, 0.15) is 29.6 Å². The van der Waals surface area contributed by atoms with Crippen molar-refractivity contribution >= 4 is 5.91 Å². The molecule has 0 aliphatic heterocycles. The average molecular weight is 311 g/mol. The Kier molecular flexibility index (Phi) is 4.67. The van der Waals surface area contributed by atoms with Gasteiger partial charge < -0.3 is 10.1 Å². The zero-order valence-electron chi connectivity index (χ0n) is 13.3. The van der Waals surface area contributed by atoms with Gasteiger partial charge in [0.2, 0.25) is 0 Å². The van der Waals surface area contributed by atoms with Crippen molar-refractivity contribution in [2.24, 2.45) is 5.41 Å². The molecule has 0 unspecified atom stereocenters. The van der Waals surface area contributed by atoms with Gasteiger partial charge in [0.1, 0.15) is 6.33 Å². The number of carbonyl (C=O) groups is 1. The predicted octanol–water partition coefficient (Wildman–Crippen LogP) is 2.69. The van der Waals surface area contributed by atoms with Crippen LogP contribution in [-0.2, 0) is 4.74 Å². The molecular weight excluding hydrogens is 290 g/mol. The van der Waals surface area contributed by atoms with Crippen LogP contribution in [0.4, 0.5) is 0 Å². The van der Waals surface area contributed by atoms with Crippen LogP contribution in [0.15, 0.2) is 43.0 Å². The van der Waals surface area contributed by atoms with Crippen LogP contribution in [0.25, 0.3) is 11.1 Å². The molecule has 23 heavy (non-hydrogen) atoms. The van der Waals surface area contributed by atoms with E-state index in [4.69, 9.17) is 4.74 Å². The quantitative estimate of drug-likeness (QED) is 0.891. The summed E-state index contributed by atoms with van der Waals surface area (Å²) in [6.07, 6.45) is 8.47. The van der Waals surface area contributed by atoms with E-state index in [1.54, 1.807) is 19.5 Å². The number of nitrogens with one attached hydrogen (secondary N) is 1. The Morgan fingerprint density at radius 1 is 1.17 bits per heavy atom. The third kappa shape index (κ3) is 3.56. The highest BCUT2D eigenvalue weighted by molar-refractivity contribution is 5.94. The van der Waals surface area contributed by atoms with E-state index < -0.39 is 0 Å². The van der Waals surface area contributed by atoms with Crippen LogP contribution in [0.3, 0.4) is 0 Å². The molecule has 1 aliphatic rings. The van der Waals surface area contributed by atoms with Crippen LogP contribution in [0.2, 0.25) is 0 Å². The summed E-state index contributed by atoms with van der Waals surface area (Å²) in [5.41, 5.74) is 2.73. The Bertz CT molecular complexity index is 652. The normalized spacial score (nSPS) is 15.7. The van der Waals surface area contributed by atoms with Crippen LogP contribution in [0, 0.1) is 5.41 Å². The number of aromatic nitrogens is 2. The molecule has 0 radical (unpaired) electrons. The van der Waals surface area contributed by atoms with Gasteiger partial charge >= 0.3 is 0 Å². The van der Waals surface area contributed by atoms with Gasteiger partial charge in [-0.3, -0.25) is 4.79 Å². The maximum Gasteiger partial charge on any atom is 0.251 e. The van der Waals surface area contributed by atoms with Gasteiger partial charge in [0.15, 0.2) is 0 Å². The van der Waals surface area contributed by atoms with Crippen molar-refractivity contribution in [2.45, 2.75) is 19.3 Å². The molecule has 2 aromatic rings. The number of rotatable bonds is 6. The molecule has 1 saturated carbocycles. The molecule has 0 bridgehead atoms. The summed E-state index contributed by atoms with van der Waals surface area (Å²) in [4.78, 5) is 20.3. The van der Waals surface area contributed by atoms with Crippen LogP contribution < -0.4 is 5.32 Å². The number of methoxy groups -OCH3 is 1. The molecule has 1 amide bonds. The predicted molar refractivity (Wildman–Crippen MR) is 88.0 cm³/mol. The van der Waals surface area contributed by atoms with Crippen molar-refractivity contribution in [3.63, 3.8) is 0 Å². The average Bonchev–Trinajstić information content (AvgIpc) is 2.58. The maximum atomic E-state index is 12.3. The molecule has 0 saturated heterocycles. The summed E-state index contributed by atoms with van der Waals surface area (Å²) >= 11 is 0. The Labute approximate surface area is 136 Å². The van der Waals surface area contributed by atoms with Gasteiger partial charge in [-0.15, -0.1) is 0 Å². The first-order valence-corrected chi connectivity index (χ1v) is 7.85. The van der Waals surface area contributed by atoms with Crippen LogP contribution in [0.5, 0.6) is 0 Å². The van der Waals surface area contributed by atoms with Crippen molar-refractivity contribution in [1.82, 2.24) is 15.3 Å². The van der Waals surface area contributed by atoms with Crippen LogP contribution >= 0.6 is 0 Å². The Hall–Kier alpha value is -2.27. The minimum absolute atomic E-state index is 0.0387. The van der Waals surface area contributed by atoms with Gasteiger partial charge in [-0.2, -0.15) is 0 Å². The minimum Gasteiger partial charge on any atom is -0.384 e. The van der Waals surface area contributed by atoms with Gasteiger partial charge in [-0.05, 0) is 30.5 Å². The number of carbonyl (C=O) groups excluding carboxylic acids is 1. The van der Waals surface area contributed by atoms with E-state index in [1.807, 2.05) is 24.3 Å². The first-order chi connectivity index (χ1) is 11.2. The molecule has 0 spiro atoms. The molecule has 0 atom stereocenters. The molecule has 1 aliphatic carbocycles. The molecule has 1 fully saturated rings. The summed E-state index contributed by atoms with van der Waals surface area (Å²) in [5, 5.41) is 3.04. The van der Waals surface area contributed by atoms with Crippen molar-refractivity contribution in [2.75, 3.05) is 20.3 Å². The summed E-state index contributed by atoms with van der Waals surface area (Å²) in [6.45, 7) is 1.38.